The van der Waals surface area contributed by atoms with Crippen molar-refractivity contribution in [2.75, 3.05) is 12.0 Å². The monoisotopic (exact) mass is 353 g/mol. The number of aromatic nitrogens is 2. The molecule has 0 saturated carbocycles. The molecule has 1 heterocycles. The second-order valence-corrected chi connectivity index (χ2v) is 6.50. The van der Waals surface area contributed by atoms with Crippen LogP contribution in [-0.2, 0) is 17.8 Å². The fraction of sp³-hybridized carbons (Fsp3) is 0.438. The third-order valence-corrected chi connectivity index (χ3v) is 4.84. The first-order valence-corrected chi connectivity index (χ1v) is 8.75. The quantitative estimate of drug-likeness (QED) is 0.713. The predicted octanol–water partition coefficient (Wildman–Crippen LogP) is 3.66. The van der Waals surface area contributed by atoms with Crippen molar-refractivity contribution < 1.29 is 9.53 Å². The largest absolute Gasteiger partial charge is 0.472 e. The van der Waals surface area contributed by atoms with Crippen LogP contribution in [0.15, 0.2) is 24.3 Å². The minimum atomic E-state index is -0.560. The van der Waals surface area contributed by atoms with E-state index in [4.69, 9.17) is 16.3 Å². The van der Waals surface area contributed by atoms with E-state index in [0.29, 0.717) is 23.2 Å². The van der Waals surface area contributed by atoms with Crippen molar-refractivity contribution in [3.8, 4) is 5.19 Å². The number of alkyl halides is 1. The van der Waals surface area contributed by atoms with Gasteiger partial charge in [0.15, 0.2) is 0 Å². The Hall–Kier alpha value is -1.66. The second-order valence-electron chi connectivity index (χ2n) is 4.95. The van der Waals surface area contributed by atoms with Gasteiger partial charge in [-0.05, 0) is 24.5 Å². The number of methoxy groups -OCH3 is 1. The van der Waals surface area contributed by atoms with Gasteiger partial charge in [0.05, 0.1) is 13.7 Å². The first-order chi connectivity index (χ1) is 11.1. The summed E-state index contributed by atoms with van der Waals surface area (Å²) in [4.78, 5) is 14.4. The minimum absolute atomic E-state index is 0.121. The topological polar surface area (TPSA) is 55.3 Å². The van der Waals surface area contributed by atoms with Crippen LogP contribution in [0.5, 0.6) is 5.19 Å². The summed E-state index contributed by atoms with van der Waals surface area (Å²) in [6.45, 7) is 4.29. The standard InChI is InChI=1S/C16H20ClN3O2S/c1-4-11-8-6-7-9-13(11)20(15(21)12(17)5-2)10-14-18-19-16(22-3)23-14/h6-9,12H,4-5,10H2,1-3H3. The number of para-hydroxylation sites is 1. The molecule has 1 unspecified atom stereocenters. The lowest BCUT2D eigenvalue weighted by Crippen LogP contribution is -2.36. The van der Waals surface area contributed by atoms with Crippen LogP contribution in [0.1, 0.15) is 30.8 Å². The maximum atomic E-state index is 12.7. The summed E-state index contributed by atoms with van der Waals surface area (Å²) in [6.07, 6.45) is 1.41. The van der Waals surface area contributed by atoms with Crippen molar-refractivity contribution in [2.45, 2.75) is 38.6 Å². The number of hydrogen-bond donors (Lipinski definition) is 0. The highest BCUT2D eigenvalue weighted by molar-refractivity contribution is 7.13. The number of halogens is 1. The highest BCUT2D eigenvalue weighted by Crippen LogP contribution is 2.27. The fourth-order valence-electron chi connectivity index (χ4n) is 2.22. The molecule has 7 heteroatoms. The van der Waals surface area contributed by atoms with Crippen LogP contribution in [0.3, 0.4) is 0 Å². The molecule has 23 heavy (non-hydrogen) atoms. The zero-order valence-electron chi connectivity index (χ0n) is 13.5. The lowest BCUT2D eigenvalue weighted by atomic mass is 10.1. The Bertz CT molecular complexity index is 662. The van der Waals surface area contributed by atoms with Crippen LogP contribution >= 0.6 is 22.9 Å². The molecular formula is C16H20ClN3O2S. The van der Waals surface area contributed by atoms with Crippen molar-refractivity contribution in [1.82, 2.24) is 10.2 Å². The lowest BCUT2D eigenvalue weighted by Gasteiger charge is -2.25. The summed E-state index contributed by atoms with van der Waals surface area (Å²) < 4.78 is 5.07. The van der Waals surface area contributed by atoms with Gasteiger partial charge in [0, 0.05) is 5.69 Å². The lowest BCUT2D eigenvalue weighted by molar-refractivity contribution is -0.118. The molecule has 0 aliphatic rings. The molecule has 0 aliphatic heterocycles. The van der Waals surface area contributed by atoms with Crippen LogP contribution in [0, 0.1) is 0 Å². The number of amides is 1. The Labute approximate surface area is 145 Å². The second kappa shape index (κ2) is 8.26. The number of anilines is 1. The number of aryl methyl sites for hydroxylation is 1. The average molecular weight is 354 g/mol. The molecular weight excluding hydrogens is 334 g/mol. The van der Waals surface area contributed by atoms with Crippen LogP contribution < -0.4 is 9.64 Å². The van der Waals surface area contributed by atoms with E-state index >= 15 is 0 Å². The third-order valence-electron chi connectivity index (χ3n) is 3.47. The summed E-state index contributed by atoms with van der Waals surface area (Å²) in [5.74, 6) is -0.121. The zero-order chi connectivity index (χ0) is 16.8. The highest BCUT2D eigenvalue weighted by Gasteiger charge is 2.25. The molecule has 0 saturated heterocycles. The Morgan fingerprint density at radius 1 is 1.35 bits per heavy atom. The number of carbonyl (C=O) groups is 1. The van der Waals surface area contributed by atoms with E-state index in [1.807, 2.05) is 31.2 Å². The number of nitrogens with zero attached hydrogens (tertiary/aromatic N) is 3. The number of benzene rings is 1. The summed E-state index contributed by atoms with van der Waals surface area (Å²) in [6, 6.07) is 7.85. The van der Waals surface area contributed by atoms with E-state index in [0.717, 1.165) is 17.7 Å². The van der Waals surface area contributed by atoms with Gasteiger partial charge in [-0.25, -0.2) is 0 Å². The Balaban J connectivity index is 2.36. The molecule has 1 aromatic carbocycles. The normalized spacial score (nSPS) is 12.0. The van der Waals surface area contributed by atoms with Gasteiger partial charge in [-0.15, -0.1) is 21.8 Å². The first-order valence-electron chi connectivity index (χ1n) is 7.50. The average Bonchev–Trinajstić information content (AvgIpc) is 3.06. The predicted molar refractivity (Wildman–Crippen MR) is 93.4 cm³/mol. The number of carbonyl (C=O) groups excluding carboxylic acids is 1. The molecule has 0 bridgehead atoms. The van der Waals surface area contributed by atoms with Crippen molar-refractivity contribution in [3.05, 3.63) is 34.8 Å². The molecule has 0 aliphatic carbocycles. The van der Waals surface area contributed by atoms with Gasteiger partial charge in [-0.3, -0.25) is 4.79 Å². The van der Waals surface area contributed by atoms with E-state index < -0.39 is 5.38 Å². The van der Waals surface area contributed by atoms with Crippen LogP contribution in [0.25, 0.3) is 0 Å². The minimum Gasteiger partial charge on any atom is -0.472 e. The molecule has 0 radical (unpaired) electrons. The fourth-order valence-corrected chi connectivity index (χ4v) is 2.98. The van der Waals surface area contributed by atoms with Crippen molar-refractivity contribution in [1.29, 1.82) is 0 Å². The van der Waals surface area contributed by atoms with Crippen LogP contribution in [-0.4, -0.2) is 28.6 Å². The SMILES string of the molecule is CCc1ccccc1N(Cc1nnc(OC)s1)C(=O)C(Cl)CC. The molecule has 1 amide bonds. The Kier molecular flexibility index (Phi) is 6.36. The van der Waals surface area contributed by atoms with Gasteiger partial charge >= 0.3 is 0 Å². The van der Waals surface area contributed by atoms with Crippen molar-refractivity contribution >= 4 is 34.5 Å². The molecule has 5 nitrogen and oxygen atoms in total. The van der Waals surface area contributed by atoms with E-state index in [1.165, 1.54) is 11.3 Å². The Morgan fingerprint density at radius 2 is 2.09 bits per heavy atom. The summed E-state index contributed by atoms with van der Waals surface area (Å²) in [5, 5.41) is 8.64. The van der Waals surface area contributed by atoms with Gasteiger partial charge in [-0.2, -0.15) is 0 Å². The molecule has 2 aromatic rings. The molecule has 0 N–H and O–H groups in total. The first kappa shape index (κ1) is 17.7. The van der Waals surface area contributed by atoms with Gasteiger partial charge in [0.25, 0.3) is 5.19 Å². The highest BCUT2D eigenvalue weighted by atomic mass is 35.5. The van der Waals surface area contributed by atoms with Gasteiger partial charge in [-0.1, -0.05) is 43.4 Å². The smallest absolute Gasteiger partial charge is 0.293 e. The number of rotatable bonds is 7. The molecule has 1 aromatic heterocycles. The van der Waals surface area contributed by atoms with Crippen LogP contribution in [0.4, 0.5) is 5.69 Å². The number of hydrogen-bond acceptors (Lipinski definition) is 5. The van der Waals surface area contributed by atoms with Crippen LogP contribution in [0.2, 0.25) is 0 Å². The molecule has 2 rings (SSSR count). The van der Waals surface area contributed by atoms with Gasteiger partial charge < -0.3 is 9.64 Å². The summed E-state index contributed by atoms with van der Waals surface area (Å²) >= 11 is 7.53. The molecule has 0 fully saturated rings. The Morgan fingerprint density at radius 3 is 2.70 bits per heavy atom. The van der Waals surface area contributed by atoms with E-state index in [2.05, 4.69) is 17.1 Å². The van der Waals surface area contributed by atoms with E-state index in [-0.39, 0.29) is 5.91 Å². The zero-order valence-corrected chi connectivity index (χ0v) is 15.0. The summed E-state index contributed by atoms with van der Waals surface area (Å²) in [7, 11) is 1.55. The summed E-state index contributed by atoms with van der Waals surface area (Å²) in [5.41, 5.74) is 1.96. The van der Waals surface area contributed by atoms with Gasteiger partial charge in [0.2, 0.25) is 5.91 Å². The number of ether oxygens (including phenoxy) is 1. The maximum Gasteiger partial charge on any atom is 0.293 e. The molecule has 0 spiro atoms. The van der Waals surface area contributed by atoms with Crippen molar-refractivity contribution in [3.63, 3.8) is 0 Å². The van der Waals surface area contributed by atoms with Gasteiger partial charge in [0.1, 0.15) is 10.4 Å². The maximum absolute atomic E-state index is 12.7. The van der Waals surface area contributed by atoms with E-state index in [9.17, 15) is 4.79 Å². The van der Waals surface area contributed by atoms with E-state index in [1.54, 1.807) is 12.0 Å². The molecule has 1 atom stereocenters. The third kappa shape index (κ3) is 4.20. The molecule has 124 valence electrons. The van der Waals surface area contributed by atoms with Crippen molar-refractivity contribution in [2.24, 2.45) is 0 Å².